The van der Waals surface area contributed by atoms with Crippen LogP contribution in [0.4, 0.5) is 0 Å². The van der Waals surface area contributed by atoms with Crippen LogP contribution in [0.3, 0.4) is 0 Å². The topological polar surface area (TPSA) is 90.4 Å². The second-order valence-corrected chi connectivity index (χ2v) is 3.73. The summed E-state index contributed by atoms with van der Waals surface area (Å²) in [7, 11) is 1.67. The molecule has 1 rings (SSSR count). The molecule has 0 bridgehead atoms. The monoisotopic (exact) mass is 254 g/mol. The summed E-state index contributed by atoms with van der Waals surface area (Å²) < 4.78 is 6.27. The zero-order valence-corrected chi connectivity index (χ0v) is 10.6. The normalized spacial score (nSPS) is 10.2. The van der Waals surface area contributed by atoms with E-state index >= 15 is 0 Å². The number of aromatic nitrogens is 2. The molecule has 2 N–H and O–H groups in total. The molecule has 100 valence electrons. The summed E-state index contributed by atoms with van der Waals surface area (Å²) in [6.45, 7) is 3.06. The summed E-state index contributed by atoms with van der Waals surface area (Å²) in [5, 5.41) is 3.88. The summed E-state index contributed by atoms with van der Waals surface area (Å²) in [5.74, 6) is 0.195. The fourth-order valence-electron chi connectivity index (χ4n) is 1.22. The molecule has 0 aliphatic heterocycles. The van der Waals surface area contributed by atoms with E-state index in [-0.39, 0.29) is 18.0 Å². The average molecular weight is 254 g/mol. The van der Waals surface area contributed by atoms with Gasteiger partial charge in [0.25, 0.3) is 5.56 Å². The molecule has 7 nitrogen and oxygen atoms in total. The largest absolute Gasteiger partial charge is 0.490 e. The molecular formula is C11H18N4O3. The van der Waals surface area contributed by atoms with Crippen LogP contribution in [0.25, 0.3) is 0 Å². The molecule has 1 aromatic heterocycles. The highest BCUT2D eigenvalue weighted by Gasteiger charge is 2.09. The van der Waals surface area contributed by atoms with Crippen LogP contribution < -0.4 is 16.0 Å². The number of likely N-dealkylation sites (N-methyl/N-ethyl adjacent to an activating group) is 1. The second-order valence-electron chi connectivity index (χ2n) is 3.73. The first-order chi connectivity index (χ1) is 8.58. The molecule has 7 heteroatoms. The number of rotatable bonds is 6. The minimum Gasteiger partial charge on any atom is -0.490 e. The van der Waals surface area contributed by atoms with Gasteiger partial charge in [0.15, 0.2) is 0 Å². The number of amides is 1. The average Bonchev–Trinajstić information content (AvgIpc) is 2.38. The molecule has 0 saturated heterocycles. The number of carbonyl (C=O) groups excluding carboxylic acids is 1. The van der Waals surface area contributed by atoms with E-state index in [2.05, 4.69) is 5.10 Å². The first-order valence-corrected chi connectivity index (χ1v) is 5.72. The molecular weight excluding hydrogens is 236 g/mol. The highest BCUT2D eigenvalue weighted by atomic mass is 16.5. The Balaban J connectivity index is 2.74. The van der Waals surface area contributed by atoms with Gasteiger partial charge in [-0.15, -0.1) is 0 Å². The van der Waals surface area contributed by atoms with E-state index in [0.717, 1.165) is 4.68 Å². The van der Waals surface area contributed by atoms with Crippen molar-refractivity contribution in [2.45, 2.75) is 13.5 Å². The number of carbonyl (C=O) groups is 1. The third-order valence-electron chi connectivity index (χ3n) is 2.42. The number of hydrogen-bond donors (Lipinski definition) is 1. The summed E-state index contributed by atoms with van der Waals surface area (Å²) in [5.41, 5.74) is 4.91. The van der Waals surface area contributed by atoms with E-state index in [0.29, 0.717) is 25.4 Å². The van der Waals surface area contributed by atoms with E-state index in [1.807, 2.05) is 6.92 Å². The van der Waals surface area contributed by atoms with Crippen molar-refractivity contribution in [3.63, 3.8) is 0 Å². The Labute approximate surface area is 105 Å². The van der Waals surface area contributed by atoms with Crippen molar-refractivity contribution < 1.29 is 9.53 Å². The van der Waals surface area contributed by atoms with Gasteiger partial charge >= 0.3 is 0 Å². The van der Waals surface area contributed by atoms with Crippen LogP contribution >= 0.6 is 0 Å². The molecule has 0 aliphatic rings. The Morgan fingerprint density at radius 1 is 1.61 bits per heavy atom. The van der Waals surface area contributed by atoms with E-state index in [4.69, 9.17) is 10.5 Å². The molecule has 0 aliphatic carbocycles. The summed E-state index contributed by atoms with van der Waals surface area (Å²) in [6.07, 6.45) is 1.40. The predicted molar refractivity (Wildman–Crippen MR) is 66.4 cm³/mol. The lowest BCUT2D eigenvalue weighted by Crippen LogP contribution is -2.34. The van der Waals surface area contributed by atoms with Gasteiger partial charge in [-0.05, 0) is 6.92 Å². The van der Waals surface area contributed by atoms with Crippen LogP contribution in [0.1, 0.15) is 6.92 Å². The molecule has 0 aromatic carbocycles. The third-order valence-corrected chi connectivity index (χ3v) is 2.42. The molecule has 0 radical (unpaired) electrons. The lowest BCUT2D eigenvalue weighted by atomic mass is 10.4. The Morgan fingerprint density at radius 2 is 2.33 bits per heavy atom. The Kier molecular flexibility index (Phi) is 5.31. The van der Waals surface area contributed by atoms with Gasteiger partial charge in [0, 0.05) is 26.2 Å². The maximum Gasteiger partial charge on any atom is 0.270 e. The number of nitrogens with two attached hydrogens (primary N) is 1. The van der Waals surface area contributed by atoms with E-state index < -0.39 is 0 Å². The Bertz CT molecular complexity index is 458. The van der Waals surface area contributed by atoms with Crippen LogP contribution in [0.2, 0.25) is 0 Å². The van der Waals surface area contributed by atoms with Crippen LogP contribution in [-0.4, -0.2) is 47.3 Å². The molecule has 0 unspecified atom stereocenters. The van der Waals surface area contributed by atoms with Crippen LogP contribution in [0, 0.1) is 0 Å². The minimum atomic E-state index is -0.373. The van der Waals surface area contributed by atoms with Gasteiger partial charge in [0.1, 0.15) is 18.9 Å². The van der Waals surface area contributed by atoms with Crippen LogP contribution in [0.15, 0.2) is 17.1 Å². The maximum absolute atomic E-state index is 11.7. The van der Waals surface area contributed by atoms with Crippen molar-refractivity contribution >= 4 is 5.91 Å². The maximum atomic E-state index is 11.7. The predicted octanol–water partition coefficient (Wildman–Crippen LogP) is -0.941. The lowest BCUT2D eigenvalue weighted by molar-refractivity contribution is -0.130. The minimum absolute atomic E-state index is 0.0691. The quantitative estimate of drug-likeness (QED) is 0.707. The van der Waals surface area contributed by atoms with Gasteiger partial charge in [-0.3, -0.25) is 9.59 Å². The van der Waals surface area contributed by atoms with Crippen LogP contribution in [0.5, 0.6) is 5.75 Å². The van der Waals surface area contributed by atoms with Crippen molar-refractivity contribution in [1.29, 1.82) is 0 Å². The van der Waals surface area contributed by atoms with Crippen LogP contribution in [-0.2, 0) is 11.3 Å². The molecule has 18 heavy (non-hydrogen) atoms. The fourth-order valence-corrected chi connectivity index (χ4v) is 1.22. The SMILES string of the molecule is CCN(C)C(=O)Cn1ncc(OCCN)cc1=O. The molecule has 0 saturated carbocycles. The van der Waals surface area contributed by atoms with Gasteiger partial charge in [0.2, 0.25) is 5.91 Å². The molecule has 1 amide bonds. The molecule has 1 aromatic rings. The summed E-state index contributed by atoms with van der Waals surface area (Å²) >= 11 is 0. The second kappa shape index (κ2) is 6.75. The van der Waals surface area contributed by atoms with E-state index in [1.54, 1.807) is 7.05 Å². The standard InChI is InChI=1S/C11H18N4O3/c1-3-14(2)11(17)8-15-10(16)6-9(7-13-15)18-5-4-12/h6-7H,3-5,8,12H2,1-2H3. The molecule has 0 atom stereocenters. The Morgan fingerprint density at radius 3 is 2.89 bits per heavy atom. The number of hydrogen-bond acceptors (Lipinski definition) is 5. The third kappa shape index (κ3) is 3.85. The van der Waals surface area contributed by atoms with Crippen molar-refractivity contribution in [1.82, 2.24) is 14.7 Å². The van der Waals surface area contributed by atoms with Crippen molar-refractivity contribution in [2.24, 2.45) is 5.73 Å². The molecule has 0 spiro atoms. The Hall–Kier alpha value is -1.89. The van der Waals surface area contributed by atoms with Crippen molar-refractivity contribution in [2.75, 3.05) is 26.7 Å². The zero-order chi connectivity index (χ0) is 13.5. The van der Waals surface area contributed by atoms with Gasteiger partial charge in [-0.25, -0.2) is 4.68 Å². The van der Waals surface area contributed by atoms with Crippen molar-refractivity contribution in [3.8, 4) is 5.75 Å². The smallest absolute Gasteiger partial charge is 0.270 e. The van der Waals surface area contributed by atoms with Gasteiger partial charge < -0.3 is 15.4 Å². The van der Waals surface area contributed by atoms with E-state index in [9.17, 15) is 9.59 Å². The first kappa shape index (κ1) is 14.2. The highest BCUT2D eigenvalue weighted by molar-refractivity contribution is 5.75. The first-order valence-electron chi connectivity index (χ1n) is 5.72. The molecule has 0 fully saturated rings. The van der Waals surface area contributed by atoms with Crippen molar-refractivity contribution in [3.05, 3.63) is 22.6 Å². The highest BCUT2D eigenvalue weighted by Crippen LogP contribution is 2.02. The van der Waals surface area contributed by atoms with Gasteiger partial charge in [-0.1, -0.05) is 0 Å². The van der Waals surface area contributed by atoms with E-state index in [1.165, 1.54) is 17.2 Å². The number of nitrogens with zero attached hydrogens (tertiary/aromatic N) is 3. The molecule has 1 heterocycles. The fraction of sp³-hybridized carbons (Fsp3) is 0.545. The summed E-state index contributed by atoms with van der Waals surface area (Å²) in [6, 6.07) is 1.29. The number of ether oxygens (including phenoxy) is 1. The zero-order valence-electron chi connectivity index (χ0n) is 10.6. The lowest BCUT2D eigenvalue weighted by Gasteiger charge is -2.14. The van der Waals surface area contributed by atoms with Gasteiger partial charge in [0.05, 0.1) is 6.20 Å². The van der Waals surface area contributed by atoms with Gasteiger partial charge in [-0.2, -0.15) is 5.10 Å². The summed E-state index contributed by atoms with van der Waals surface area (Å²) in [4.78, 5) is 24.8.